The highest BCUT2D eigenvalue weighted by atomic mass is 19.1. The summed E-state index contributed by atoms with van der Waals surface area (Å²) in [6, 6.07) is 4.87. The fourth-order valence-electron chi connectivity index (χ4n) is 2.36. The third kappa shape index (κ3) is 3.45. The van der Waals surface area contributed by atoms with Crippen LogP contribution < -0.4 is 4.90 Å². The molecule has 5 nitrogen and oxygen atoms in total. The Hall–Kier alpha value is -1.69. The molecule has 6 heteroatoms. The minimum atomic E-state index is -0.482. The smallest absolute Gasteiger partial charge is 0.248 e. The van der Waals surface area contributed by atoms with Crippen LogP contribution in [0.4, 0.5) is 10.2 Å². The number of nitrogens with zero attached hydrogens (tertiary/aromatic N) is 3. The number of halogens is 1. The molecule has 1 atom stereocenters. The summed E-state index contributed by atoms with van der Waals surface area (Å²) in [5, 5.41) is 0. The number of hydrogen-bond acceptors (Lipinski definition) is 4. The first kappa shape index (κ1) is 14.7. The van der Waals surface area contributed by atoms with Gasteiger partial charge in [0.05, 0.1) is 0 Å². The van der Waals surface area contributed by atoms with E-state index in [-0.39, 0.29) is 18.6 Å². The van der Waals surface area contributed by atoms with Gasteiger partial charge in [0.1, 0.15) is 12.4 Å². The molecule has 2 heterocycles. The SMILES string of the molecule is CCOCC(=O)N1CCN(c2cccc(F)n2)C(C)C1. The summed E-state index contributed by atoms with van der Waals surface area (Å²) < 4.78 is 18.3. The van der Waals surface area contributed by atoms with E-state index in [4.69, 9.17) is 4.74 Å². The summed E-state index contributed by atoms with van der Waals surface area (Å²) in [4.78, 5) is 19.6. The molecule has 1 aliphatic heterocycles. The molecule has 1 aromatic rings. The Kier molecular flexibility index (Phi) is 4.89. The van der Waals surface area contributed by atoms with Crippen molar-refractivity contribution in [1.29, 1.82) is 0 Å². The van der Waals surface area contributed by atoms with Gasteiger partial charge in [0.2, 0.25) is 11.9 Å². The van der Waals surface area contributed by atoms with Crippen LogP contribution in [0.5, 0.6) is 0 Å². The highest BCUT2D eigenvalue weighted by molar-refractivity contribution is 5.77. The molecule has 0 bridgehead atoms. The second-order valence-corrected chi connectivity index (χ2v) is 4.84. The molecular formula is C14H20FN3O2. The van der Waals surface area contributed by atoms with Crippen molar-refractivity contribution in [2.45, 2.75) is 19.9 Å². The first-order chi connectivity index (χ1) is 9.61. The molecule has 0 N–H and O–H groups in total. The lowest BCUT2D eigenvalue weighted by atomic mass is 10.2. The summed E-state index contributed by atoms with van der Waals surface area (Å²) in [6.07, 6.45) is 0. The van der Waals surface area contributed by atoms with E-state index < -0.39 is 5.95 Å². The number of carbonyl (C=O) groups is 1. The number of rotatable bonds is 4. The lowest BCUT2D eigenvalue weighted by molar-refractivity contribution is -0.136. The van der Waals surface area contributed by atoms with Crippen molar-refractivity contribution in [3.63, 3.8) is 0 Å². The summed E-state index contributed by atoms with van der Waals surface area (Å²) in [5.74, 6) is 0.143. The minimum absolute atomic E-state index is 0.00514. The normalized spacial score (nSPS) is 19.2. The molecule has 20 heavy (non-hydrogen) atoms. The fraction of sp³-hybridized carbons (Fsp3) is 0.571. The van der Waals surface area contributed by atoms with Gasteiger partial charge in [-0.15, -0.1) is 0 Å². The van der Waals surface area contributed by atoms with Gasteiger partial charge in [-0.3, -0.25) is 4.79 Å². The quantitative estimate of drug-likeness (QED) is 0.780. The van der Waals surface area contributed by atoms with Crippen LogP contribution in [0.1, 0.15) is 13.8 Å². The summed E-state index contributed by atoms with van der Waals surface area (Å²) in [6.45, 7) is 6.39. The Labute approximate surface area is 118 Å². The molecular weight excluding hydrogens is 261 g/mol. The van der Waals surface area contributed by atoms with Gasteiger partial charge >= 0.3 is 0 Å². The van der Waals surface area contributed by atoms with Crippen LogP contribution in [0.3, 0.4) is 0 Å². The zero-order valence-corrected chi connectivity index (χ0v) is 11.9. The van der Waals surface area contributed by atoms with Crippen molar-refractivity contribution < 1.29 is 13.9 Å². The van der Waals surface area contributed by atoms with Gasteiger partial charge in [-0.1, -0.05) is 6.07 Å². The van der Waals surface area contributed by atoms with E-state index in [1.54, 1.807) is 17.0 Å². The van der Waals surface area contributed by atoms with Crippen LogP contribution >= 0.6 is 0 Å². The van der Waals surface area contributed by atoms with Crippen molar-refractivity contribution in [2.24, 2.45) is 0 Å². The highest BCUT2D eigenvalue weighted by Gasteiger charge is 2.27. The van der Waals surface area contributed by atoms with Crippen LogP contribution in [-0.4, -0.2) is 54.7 Å². The lowest BCUT2D eigenvalue weighted by Gasteiger charge is -2.40. The summed E-state index contributed by atoms with van der Waals surface area (Å²) in [5.41, 5.74) is 0. The maximum Gasteiger partial charge on any atom is 0.248 e. The standard InChI is InChI=1S/C14H20FN3O2/c1-3-20-10-14(19)17-7-8-18(11(2)9-17)13-6-4-5-12(15)16-13/h4-6,11H,3,7-10H2,1-2H3. The van der Waals surface area contributed by atoms with Crippen LogP contribution in [0.25, 0.3) is 0 Å². The minimum Gasteiger partial charge on any atom is -0.372 e. The maximum atomic E-state index is 13.2. The zero-order chi connectivity index (χ0) is 14.5. The molecule has 1 fully saturated rings. The van der Waals surface area contributed by atoms with Crippen molar-refractivity contribution in [1.82, 2.24) is 9.88 Å². The molecule has 0 aromatic carbocycles. The Bertz CT molecular complexity index is 469. The van der Waals surface area contributed by atoms with Gasteiger partial charge in [-0.25, -0.2) is 4.98 Å². The molecule has 110 valence electrons. The Morgan fingerprint density at radius 1 is 1.50 bits per heavy atom. The molecule has 2 rings (SSSR count). The van der Waals surface area contributed by atoms with E-state index in [1.165, 1.54) is 6.07 Å². The number of pyridine rings is 1. The van der Waals surface area contributed by atoms with Crippen LogP contribution in [0.2, 0.25) is 0 Å². The summed E-state index contributed by atoms with van der Waals surface area (Å²) in [7, 11) is 0. The van der Waals surface area contributed by atoms with Gasteiger partial charge in [0.15, 0.2) is 0 Å². The Balaban J connectivity index is 1.97. The topological polar surface area (TPSA) is 45.7 Å². The number of anilines is 1. The number of carbonyl (C=O) groups excluding carboxylic acids is 1. The molecule has 0 radical (unpaired) electrons. The first-order valence-electron chi connectivity index (χ1n) is 6.86. The van der Waals surface area contributed by atoms with Gasteiger partial charge in [-0.2, -0.15) is 4.39 Å². The molecule has 1 aliphatic rings. The number of amides is 1. The van der Waals surface area contributed by atoms with Gasteiger partial charge in [-0.05, 0) is 26.0 Å². The van der Waals surface area contributed by atoms with Crippen molar-refractivity contribution in [2.75, 3.05) is 37.7 Å². The molecule has 1 saturated heterocycles. The molecule has 1 unspecified atom stereocenters. The fourth-order valence-corrected chi connectivity index (χ4v) is 2.36. The van der Waals surface area contributed by atoms with Gasteiger partial charge in [0, 0.05) is 32.3 Å². The van der Waals surface area contributed by atoms with E-state index in [9.17, 15) is 9.18 Å². The predicted octanol–water partition coefficient (Wildman–Crippen LogP) is 1.29. The second kappa shape index (κ2) is 6.65. The number of piperazine rings is 1. The zero-order valence-electron chi connectivity index (χ0n) is 11.9. The third-order valence-electron chi connectivity index (χ3n) is 3.40. The number of ether oxygens (including phenoxy) is 1. The Morgan fingerprint density at radius 3 is 2.95 bits per heavy atom. The monoisotopic (exact) mass is 281 g/mol. The molecule has 1 amide bonds. The van der Waals surface area contributed by atoms with E-state index in [2.05, 4.69) is 4.98 Å². The summed E-state index contributed by atoms with van der Waals surface area (Å²) >= 11 is 0. The van der Waals surface area contributed by atoms with Gasteiger partial charge < -0.3 is 14.5 Å². The highest BCUT2D eigenvalue weighted by Crippen LogP contribution is 2.18. The van der Waals surface area contributed by atoms with E-state index in [0.717, 1.165) is 0 Å². The van der Waals surface area contributed by atoms with E-state index in [1.807, 2.05) is 18.7 Å². The predicted molar refractivity (Wildman–Crippen MR) is 74.1 cm³/mol. The van der Waals surface area contributed by atoms with Crippen molar-refractivity contribution in [3.05, 3.63) is 24.1 Å². The second-order valence-electron chi connectivity index (χ2n) is 4.84. The van der Waals surface area contributed by atoms with Crippen LogP contribution in [0.15, 0.2) is 18.2 Å². The molecule has 0 spiro atoms. The largest absolute Gasteiger partial charge is 0.372 e. The van der Waals surface area contributed by atoms with Crippen molar-refractivity contribution >= 4 is 11.7 Å². The Morgan fingerprint density at radius 2 is 2.30 bits per heavy atom. The maximum absolute atomic E-state index is 13.2. The van der Waals surface area contributed by atoms with Crippen molar-refractivity contribution in [3.8, 4) is 0 Å². The molecule has 0 saturated carbocycles. The molecule has 1 aromatic heterocycles. The number of aromatic nitrogens is 1. The van der Waals surface area contributed by atoms with E-state index >= 15 is 0 Å². The van der Waals surface area contributed by atoms with Crippen LogP contribution in [0, 0.1) is 5.95 Å². The average Bonchev–Trinajstić information content (AvgIpc) is 2.44. The van der Waals surface area contributed by atoms with Gasteiger partial charge in [0.25, 0.3) is 0 Å². The lowest BCUT2D eigenvalue weighted by Crippen LogP contribution is -2.54. The molecule has 0 aliphatic carbocycles. The average molecular weight is 281 g/mol. The first-order valence-corrected chi connectivity index (χ1v) is 6.86. The number of hydrogen-bond donors (Lipinski definition) is 0. The van der Waals surface area contributed by atoms with Crippen LogP contribution in [-0.2, 0) is 9.53 Å². The third-order valence-corrected chi connectivity index (χ3v) is 3.40. The van der Waals surface area contributed by atoms with E-state index in [0.29, 0.717) is 32.1 Å².